The van der Waals surface area contributed by atoms with Crippen molar-refractivity contribution >= 4 is 23.6 Å². The molecule has 0 bridgehead atoms. The number of likely N-dealkylation sites (tertiary alicyclic amines) is 1. The number of hydrogen-bond acceptors (Lipinski definition) is 3. The molecule has 1 aliphatic rings. The van der Waals surface area contributed by atoms with Crippen LogP contribution < -0.4 is 0 Å². The number of benzene rings is 1. The minimum Gasteiger partial charge on any atom is -0.445 e. The van der Waals surface area contributed by atoms with E-state index in [4.69, 9.17) is 16.3 Å². The van der Waals surface area contributed by atoms with Crippen molar-refractivity contribution in [1.82, 2.24) is 9.80 Å². The molecular formula is C18H25ClN2O3. The van der Waals surface area contributed by atoms with E-state index in [9.17, 15) is 9.59 Å². The van der Waals surface area contributed by atoms with E-state index >= 15 is 0 Å². The van der Waals surface area contributed by atoms with Crippen molar-refractivity contribution in [3.8, 4) is 0 Å². The Bertz CT molecular complexity index is 538. The second kappa shape index (κ2) is 9.52. The molecule has 1 fully saturated rings. The van der Waals surface area contributed by atoms with Gasteiger partial charge in [0.25, 0.3) is 0 Å². The first-order valence-electron chi connectivity index (χ1n) is 8.43. The Labute approximate surface area is 148 Å². The Morgan fingerprint density at radius 3 is 2.75 bits per heavy atom. The molecule has 132 valence electrons. The van der Waals surface area contributed by atoms with Gasteiger partial charge in [0.1, 0.15) is 12.5 Å². The normalized spacial score (nSPS) is 17.4. The summed E-state index contributed by atoms with van der Waals surface area (Å²) in [5, 5.41) is 0. The first-order valence-corrected chi connectivity index (χ1v) is 8.96. The largest absolute Gasteiger partial charge is 0.445 e. The van der Waals surface area contributed by atoms with Crippen LogP contribution in [0.2, 0.25) is 0 Å². The number of rotatable bonds is 6. The van der Waals surface area contributed by atoms with Crippen molar-refractivity contribution in [1.29, 1.82) is 0 Å². The molecule has 1 heterocycles. The molecule has 1 aromatic carbocycles. The van der Waals surface area contributed by atoms with Gasteiger partial charge in [0, 0.05) is 26.2 Å². The van der Waals surface area contributed by atoms with Gasteiger partial charge in [-0.1, -0.05) is 30.3 Å². The molecule has 0 unspecified atom stereocenters. The lowest BCUT2D eigenvalue weighted by Gasteiger charge is -2.34. The molecule has 0 N–H and O–H groups in total. The number of amides is 2. The third kappa shape index (κ3) is 5.41. The van der Waals surface area contributed by atoms with Gasteiger partial charge in [-0.2, -0.15) is 0 Å². The highest BCUT2D eigenvalue weighted by Crippen LogP contribution is 2.19. The van der Waals surface area contributed by atoms with Gasteiger partial charge in [0.2, 0.25) is 5.91 Å². The fourth-order valence-corrected chi connectivity index (χ4v) is 3.16. The monoisotopic (exact) mass is 352 g/mol. The van der Waals surface area contributed by atoms with Crippen LogP contribution >= 0.6 is 11.6 Å². The minimum atomic E-state index is -0.282. The van der Waals surface area contributed by atoms with E-state index in [0.29, 0.717) is 26.2 Å². The van der Waals surface area contributed by atoms with E-state index in [2.05, 4.69) is 0 Å². The fraction of sp³-hybridized carbons (Fsp3) is 0.556. The van der Waals surface area contributed by atoms with E-state index in [1.807, 2.05) is 37.3 Å². The number of hydrogen-bond donors (Lipinski definition) is 0. The summed E-state index contributed by atoms with van der Waals surface area (Å²) in [5.41, 5.74) is 0.976. The maximum atomic E-state index is 12.3. The topological polar surface area (TPSA) is 49.9 Å². The van der Waals surface area contributed by atoms with Crippen LogP contribution in [0.4, 0.5) is 4.79 Å². The summed E-state index contributed by atoms with van der Waals surface area (Å²) < 4.78 is 5.40. The number of carbonyl (C=O) groups excluding carboxylic acids is 2. The SMILES string of the molecule is CCN(C[C@H]1CCCN(C(=O)OCc2ccccc2)C1)C(=O)CCl. The quantitative estimate of drug-likeness (QED) is 0.739. The van der Waals surface area contributed by atoms with Gasteiger partial charge >= 0.3 is 6.09 Å². The van der Waals surface area contributed by atoms with Crippen molar-refractivity contribution in [2.75, 3.05) is 32.1 Å². The fourth-order valence-electron chi connectivity index (χ4n) is 2.99. The first kappa shape index (κ1) is 18.6. The molecule has 0 radical (unpaired) electrons. The van der Waals surface area contributed by atoms with Gasteiger partial charge < -0.3 is 14.5 Å². The van der Waals surface area contributed by atoms with Crippen LogP contribution in [0.25, 0.3) is 0 Å². The maximum Gasteiger partial charge on any atom is 0.410 e. The Balaban J connectivity index is 1.83. The first-order chi connectivity index (χ1) is 11.6. The molecule has 0 spiro atoms. The molecule has 1 aromatic rings. The molecule has 2 rings (SSSR count). The zero-order valence-corrected chi connectivity index (χ0v) is 14.9. The highest BCUT2D eigenvalue weighted by molar-refractivity contribution is 6.27. The lowest BCUT2D eigenvalue weighted by Crippen LogP contribution is -2.45. The number of piperidine rings is 1. The molecule has 0 aliphatic carbocycles. The van der Waals surface area contributed by atoms with Crippen LogP contribution in [-0.4, -0.2) is 53.9 Å². The Kier molecular flexibility index (Phi) is 7.37. The molecule has 0 saturated carbocycles. The summed E-state index contributed by atoms with van der Waals surface area (Å²) in [6.07, 6.45) is 1.65. The molecule has 1 aliphatic heterocycles. The third-order valence-corrected chi connectivity index (χ3v) is 4.54. The van der Waals surface area contributed by atoms with Crippen LogP contribution in [-0.2, 0) is 16.1 Å². The van der Waals surface area contributed by atoms with Crippen LogP contribution in [0.3, 0.4) is 0 Å². The van der Waals surface area contributed by atoms with Crippen LogP contribution in [0.5, 0.6) is 0 Å². The van der Waals surface area contributed by atoms with Gasteiger partial charge in [-0.05, 0) is 31.2 Å². The second-order valence-electron chi connectivity index (χ2n) is 6.06. The van der Waals surface area contributed by atoms with Gasteiger partial charge in [0.05, 0.1) is 0 Å². The summed E-state index contributed by atoms with van der Waals surface area (Å²) in [6.45, 7) is 4.84. The summed E-state index contributed by atoms with van der Waals surface area (Å²) in [7, 11) is 0. The van der Waals surface area contributed by atoms with E-state index in [0.717, 1.165) is 18.4 Å². The molecule has 1 atom stereocenters. The minimum absolute atomic E-state index is 0.00336. The van der Waals surface area contributed by atoms with Crippen molar-refractivity contribution in [3.63, 3.8) is 0 Å². The number of alkyl halides is 1. The van der Waals surface area contributed by atoms with Crippen molar-refractivity contribution in [3.05, 3.63) is 35.9 Å². The zero-order valence-electron chi connectivity index (χ0n) is 14.1. The van der Waals surface area contributed by atoms with E-state index < -0.39 is 0 Å². The van der Waals surface area contributed by atoms with Crippen molar-refractivity contribution in [2.45, 2.75) is 26.4 Å². The average molecular weight is 353 g/mol. The van der Waals surface area contributed by atoms with Gasteiger partial charge in [-0.3, -0.25) is 4.79 Å². The Morgan fingerprint density at radius 2 is 2.08 bits per heavy atom. The molecule has 5 nitrogen and oxygen atoms in total. The number of carbonyl (C=O) groups is 2. The highest BCUT2D eigenvalue weighted by atomic mass is 35.5. The van der Waals surface area contributed by atoms with E-state index in [1.165, 1.54) is 0 Å². The van der Waals surface area contributed by atoms with Crippen LogP contribution in [0.1, 0.15) is 25.3 Å². The Hall–Kier alpha value is -1.75. The smallest absolute Gasteiger partial charge is 0.410 e. The molecule has 1 saturated heterocycles. The predicted octanol–water partition coefficient (Wildman–Crippen LogP) is 3.12. The number of nitrogens with zero attached hydrogens (tertiary/aromatic N) is 2. The second-order valence-corrected chi connectivity index (χ2v) is 6.33. The Morgan fingerprint density at radius 1 is 1.33 bits per heavy atom. The molecule has 0 aromatic heterocycles. The lowest BCUT2D eigenvalue weighted by atomic mass is 9.97. The third-order valence-electron chi connectivity index (χ3n) is 4.31. The van der Waals surface area contributed by atoms with Crippen molar-refractivity contribution < 1.29 is 14.3 Å². The number of ether oxygens (including phenoxy) is 1. The van der Waals surface area contributed by atoms with Crippen LogP contribution in [0.15, 0.2) is 30.3 Å². The summed E-state index contributed by atoms with van der Waals surface area (Å²) in [4.78, 5) is 27.6. The summed E-state index contributed by atoms with van der Waals surface area (Å²) in [6, 6.07) is 9.65. The summed E-state index contributed by atoms with van der Waals surface area (Å²) in [5.74, 6) is 0.224. The average Bonchev–Trinajstić information content (AvgIpc) is 2.64. The van der Waals surface area contributed by atoms with Gasteiger partial charge in [-0.25, -0.2) is 4.79 Å². The molecule has 2 amide bonds. The summed E-state index contributed by atoms with van der Waals surface area (Å²) >= 11 is 5.65. The zero-order chi connectivity index (χ0) is 17.4. The van der Waals surface area contributed by atoms with Crippen LogP contribution in [0, 0.1) is 5.92 Å². The van der Waals surface area contributed by atoms with E-state index in [1.54, 1.807) is 9.80 Å². The number of halogens is 1. The molecular weight excluding hydrogens is 328 g/mol. The van der Waals surface area contributed by atoms with Crippen molar-refractivity contribution in [2.24, 2.45) is 5.92 Å². The maximum absolute atomic E-state index is 12.3. The molecule has 6 heteroatoms. The van der Waals surface area contributed by atoms with Gasteiger partial charge in [0.15, 0.2) is 0 Å². The lowest BCUT2D eigenvalue weighted by molar-refractivity contribution is -0.129. The predicted molar refractivity (Wildman–Crippen MR) is 93.9 cm³/mol. The highest BCUT2D eigenvalue weighted by Gasteiger charge is 2.26. The standard InChI is InChI=1S/C18H25ClN2O3/c1-2-20(17(22)11-19)12-16-9-6-10-21(13-16)18(23)24-14-15-7-4-3-5-8-15/h3-5,7-8,16H,2,6,9-14H2,1H3/t16-/m1/s1. The van der Waals surface area contributed by atoms with E-state index in [-0.39, 0.29) is 30.4 Å². The molecule has 24 heavy (non-hydrogen) atoms. The van der Waals surface area contributed by atoms with Gasteiger partial charge in [-0.15, -0.1) is 11.6 Å².